The van der Waals surface area contributed by atoms with E-state index in [0.717, 1.165) is 5.56 Å². The number of carbonyl (C=O) groups excluding carboxylic acids is 1. The molecule has 0 aliphatic rings. The summed E-state index contributed by atoms with van der Waals surface area (Å²) in [5.41, 5.74) is -0.0332. The Kier molecular flexibility index (Phi) is 4.78. The first-order valence-electron chi connectivity index (χ1n) is 8.05. The highest BCUT2D eigenvalue weighted by molar-refractivity contribution is 7.07. The average Bonchev–Trinajstić information content (AvgIpc) is 3.15. The van der Waals surface area contributed by atoms with Crippen molar-refractivity contribution in [2.24, 2.45) is 5.41 Å². The molecule has 2 heterocycles. The number of aromatic amines is 1. The third-order valence-corrected chi connectivity index (χ3v) is 4.67. The molecular formula is C20H18FNO3S. The van der Waals surface area contributed by atoms with Gasteiger partial charge >= 0.3 is 0 Å². The van der Waals surface area contributed by atoms with E-state index < -0.39 is 5.41 Å². The van der Waals surface area contributed by atoms with Gasteiger partial charge in [0.25, 0.3) is 5.56 Å². The topological polar surface area (TPSA) is 63.1 Å². The molecule has 0 bridgehead atoms. The first-order chi connectivity index (χ1) is 12.2. The largest absolute Gasteiger partial charge is 0.457 e. The highest BCUT2D eigenvalue weighted by Gasteiger charge is 2.18. The molecule has 1 aromatic carbocycles. The molecule has 4 nitrogen and oxygen atoms in total. The van der Waals surface area contributed by atoms with Crippen LogP contribution in [0.2, 0.25) is 0 Å². The summed E-state index contributed by atoms with van der Waals surface area (Å²) in [6.07, 6.45) is 3.07. The van der Waals surface area contributed by atoms with E-state index in [1.165, 1.54) is 29.5 Å². The van der Waals surface area contributed by atoms with Gasteiger partial charge in [0.05, 0.1) is 9.20 Å². The Morgan fingerprint density at radius 3 is 2.50 bits per heavy atom. The molecular weight excluding hydrogens is 353 g/mol. The third kappa shape index (κ3) is 4.08. The van der Waals surface area contributed by atoms with E-state index >= 15 is 0 Å². The van der Waals surface area contributed by atoms with Gasteiger partial charge in [-0.15, -0.1) is 11.3 Å². The van der Waals surface area contributed by atoms with Crippen LogP contribution in [0.1, 0.15) is 26.5 Å². The van der Waals surface area contributed by atoms with Crippen LogP contribution in [-0.2, 0) is 4.79 Å². The quantitative estimate of drug-likeness (QED) is 0.770. The Morgan fingerprint density at radius 1 is 1.15 bits per heavy atom. The summed E-state index contributed by atoms with van der Waals surface area (Å²) in [5, 5.41) is 0. The highest BCUT2D eigenvalue weighted by Crippen LogP contribution is 2.22. The second-order valence-corrected chi connectivity index (χ2v) is 7.98. The number of aromatic nitrogens is 1. The maximum atomic E-state index is 13.0. The van der Waals surface area contributed by atoms with E-state index in [1.807, 2.05) is 20.8 Å². The zero-order valence-electron chi connectivity index (χ0n) is 14.6. The van der Waals surface area contributed by atoms with Crippen LogP contribution in [0.4, 0.5) is 4.39 Å². The van der Waals surface area contributed by atoms with Gasteiger partial charge in [0.15, 0.2) is 5.78 Å². The Balaban J connectivity index is 1.94. The maximum Gasteiger partial charge on any atom is 0.266 e. The first-order valence-corrected chi connectivity index (χ1v) is 8.87. The summed E-state index contributed by atoms with van der Waals surface area (Å²) in [6, 6.07) is 9.47. The molecule has 0 spiro atoms. The minimum atomic E-state index is -0.504. The number of hydrogen-bond donors (Lipinski definition) is 1. The molecule has 3 rings (SSSR count). The number of carbonyl (C=O) groups is 1. The Hall–Kier alpha value is -2.73. The molecule has 0 unspecified atom stereocenters. The molecule has 6 heteroatoms. The highest BCUT2D eigenvalue weighted by atomic mass is 32.1. The molecule has 0 radical (unpaired) electrons. The molecule has 3 aromatic rings. The monoisotopic (exact) mass is 371 g/mol. The summed E-state index contributed by atoms with van der Waals surface area (Å²) >= 11 is 1.20. The summed E-state index contributed by atoms with van der Waals surface area (Å²) in [7, 11) is 0. The zero-order valence-corrected chi connectivity index (χ0v) is 15.4. The van der Waals surface area contributed by atoms with E-state index in [-0.39, 0.29) is 17.2 Å². The minimum absolute atomic E-state index is 0.0573. The fourth-order valence-corrected chi connectivity index (χ4v) is 3.05. The predicted molar refractivity (Wildman–Crippen MR) is 101 cm³/mol. The Bertz CT molecular complexity index is 1110. The predicted octanol–water partition coefficient (Wildman–Crippen LogP) is 3.06. The van der Waals surface area contributed by atoms with Gasteiger partial charge in [-0.3, -0.25) is 9.59 Å². The van der Waals surface area contributed by atoms with Gasteiger partial charge in [-0.1, -0.05) is 20.8 Å². The molecule has 0 fully saturated rings. The lowest BCUT2D eigenvalue weighted by molar-refractivity contribution is -0.119. The van der Waals surface area contributed by atoms with E-state index in [0.29, 0.717) is 20.7 Å². The summed E-state index contributed by atoms with van der Waals surface area (Å²) < 4.78 is 19.7. The molecule has 134 valence electrons. The van der Waals surface area contributed by atoms with Crippen molar-refractivity contribution < 1.29 is 13.6 Å². The van der Waals surface area contributed by atoms with Crippen LogP contribution in [0.25, 0.3) is 23.5 Å². The van der Waals surface area contributed by atoms with Gasteiger partial charge in [-0.2, -0.15) is 0 Å². The lowest BCUT2D eigenvalue weighted by Crippen LogP contribution is -2.22. The van der Waals surface area contributed by atoms with Gasteiger partial charge in [-0.05, 0) is 36.4 Å². The van der Waals surface area contributed by atoms with Crippen molar-refractivity contribution in [1.82, 2.24) is 4.98 Å². The molecule has 0 saturated heterocycles. The first kappa shape index (κ1) is 18.1. The number of nitrogens with one attached hydrogen (secondary N) is 1. The van der Waals surface area contributed by atoms with Crippen molar-refractivity contribution in [2.75, 3.05) is 0 Å². The van der Waals surface area contributed by atoms with E-state index in [4.69, 9.17) is 4.42 Å². The number of hydrogen-bond acceptors (Lipinski definition) is 4. The normalized spacial score (nSPS) is 13.4. The van der Waals surface area contributed by atoms with Crippen molar-refractivity contribution in [3.8, 4) is 11.3 Å². The Labute approximate surface area is 153 Å². The third-order valence-electron chi connectivity index (χ3n) is 3.71. The second-order valence-electron chi connectivity index (χ2n) is 6.90. The molecule has 26 heavy (non-hydrogen) atoms. The number of benzene rings is 1. The fraction of sp³-hybridized carbons (Fsp3) is 0.200. The van der Waals surface area contributed by atoms with Crippen LogP contribution in [0, 0.1) is 11.2 Å². The SMILES string of the molecule is CC(C)(C)C(=O)C=c1[nH]c(=O)c(=Cc2ccc(-c3ccc(F)cc3)o2)s1. The molecule has 0 aliphatic heterocycles. The van der Waals surface area contributed by atoms with Crippen LogP contribution in [0.15, 0.2) is 45.6 Å². The summed E-state index contributed by atoms with van der Waals surface area (Å²) in [5.74, 6) is 0.716. The average molecular weight is 371 g/mol. The minimum Gasteiger partial charge on any atom is -0.457 e. The van der Waals surface area contributed by atoms with Crippen molar-refractivity contribution in [2.45, 2.75) is 20.8 Å². The van der Waals surface area contributed by atoms with Crippen molar-refractivity contribution in [3.63, 3.8) is 0 Å². The smallest absolute Gasteiger partial charge is 0.266 e. The molecule has 0 amide bonds. The molecule has 0 aliphatic carbocycles. The zero-order chi connectivity index (χ0) is 18.9. The number of H-pyrrole nitrogens is 1. The molecule has 1 N–H and O–H groups in total. The van der Waals surface area contributed by atoms with Gasteiger partial charge in [0.2, 0.25) is 0 Å². The number of furan rings is 1. The van der Waals surface area contributed by atoms with Gasteiger partial charge in [0, 0.05) is 23.1 Å². The van der Waals surface area contributed by atoms with Crippen LogP contribution < -0.4 is 14.8 Å². The van der Waals surface area contributed by atoms with Gasteiger partial charge in [-0.25, -0.2) is 4.39 Å². The number of thiazole rings is 1. The number of halogens is 1. The van der Waals surface area contributed by atoms with Gasteiger partial charge < -0.3 is 9.40 Å². The second kappa shape index (κ2) is 6.88. The van der Waals surface area contributed by atoms with Gasteiger partial charge in [0.1, 0.15) is 17.3 Å². The van der Waals surface area contributed by atoms with Crippen molar-refractivity contribution >= 4 is 29.3 Å². The lowest BCUT2D eigenvalue weighted by atomic mass is 9.91. The number of ketones is 1. The number of Topliss-reactive ketones (excluding diaryl/α,β-unsaturated/α-hetero) is 1. The fourth-order valence-electron chi connectivity index (χ4n) is 2.19. The van der Waals surface area contributed by atoms with E-state index in [9.17, 15) is 14.0 Å². The molecule has 0 saturated carbocycles. The summed E-state index contributed by atoms with van der Waals surface area (Å²) in [6.45, 7) is 5.47. The van der Waals surface area contributed by atoms with E-state index in [2.05, 4.69) is 4.98 Å². The molecule has 0 atom stereocenters. The maximum absolute atomic E-state index is 13.0. The van der Waals surface area contributed by atoms with Crippen molar-refractivity contribution in [1.29, 1.82) is 0 Å². The van der Waals surface area contributed by atoms with Crippen molar-refractivity contribution in [3.05, 3.63) is 67.5 Å². The summed E-state index contributed by atoms with van der Waals surface area (Å²) in [4.78, 5) is 26.9. The van der Waals surface area contributed by atoms with Crippen LogP contribution in [-0.4, -0.2) is 10.8 Å². The Morgan fingerprint density at radius 2 is 1.85 bits per heavy atom. The van der Waals surface area contributed by atoms with Crippen LogP contribution in [0.5, 0.6) is 0 Å². The molecule has 2 aromatic heterocycles. The lowest BCUT2D eigenvalue weighted by Gasteiger charge is -2.12. The van der Waals surface area contributed by atoms with E-state index in [1.54, 1.807) is 30.3 Å². The van der Waals surface area contributed by atoms with Crippen LogP contribution in [0.3, 0.4) is 0 Å². The van der Waals surface area contributed by atoms with Crippen LogP contribution >= 0.6 is 11.3 Å². The standard InChI is InChI=1S/C20H18FNO3S/c1-20(2,3)17(23)11-18-22-19(24)16(26-18)10-14-8-9-15(25-14)12-4-6-13(21)7-5-12/h4-11H,1-3H3,(H,22,24). The number of rotatable bonds is 3.